The monoisotopic (exact) mass is 140 g/mol. The second-order valence-corrected chi connectivity index (χ2v) is 2.57. The van der Waals surface area contributed by atoms with E-state index in [1.165, 1.54) is 17.7 Å². The molecule has 1 aliphatic rings. The Morgan fingerprint density at radius 3 is 2.60 bits per heavy atom. The Morgan fingerprint density at radius 2 is 2.10 bits per heavy atom. The SMILES string of the molecule is CCC1=C(CC)NCNC1. The Bertz CT molecular complexity index is 122. The van der Waals surface area contributed by atoms with Gasteiger partial charge in [0.1, 0.15) is 0 Å². The highest BCUT2D eigenvalue weighted by Crippen LogP contribution is 2.10. The predicted molar refractivity (Wildman–Crippen MR) is 43.6 cm³/mol. The smallest absolute Gasteiger partial charge is 0.0652 e. The number of hydrogen-bond acceptors (Lipinski definition) is 2. The van der Waals surface area contributed by atoms with Gasteiger partial charge in [0, 0.05) is 12.2 Å². The molecule has 0 saturated heterocycles. The molecule has 1 heterocycles. The molecule has 0 spiro atoms. The number of nitrogens with one attached hydrogen (secondary N) is 2. The largest absolute Gasteiger partial charge is 0.376 e. The number of hydrogen-bond donors (Lipinski definition) is 2. The average molecular weight is 140 g/mol. The van der Waals surface area contributed by atoms with Crippen molar-refractivity contribution in [2.24, 2.45) is 0 Å². The van der Waals surface area contributed by atoms with E-state index in [0.717, 1.165) is 19.6 Å². The summed E-state index contributed by atoms with van der Waals surface area (Å²) in [6.07, 6.45) is 2.31. The Hall–Kier alpha value is -0.500. The van der Waals surface area contributed by atoms with Crippen molar-refractivity contribution in [1.82, 2.24) is 10.6 Å². The van der Waals surface area contributed by atoms with Crippen molar-refractivity contribution in [2.45, 2.75) is 26.7 Å². The Balaban J connectivity index is 2.63. The first-order valence-corrected chi connectivity index (χ1v) is 4.04. The topological polar surface area (TPSA) is 24.1 Å². The lowest BCUT2D eigenvalue weighted by molar-refractivity contribution is 0.589. The molecule has 0 aliphatic carbocycles. The van der Waals surface area contributed by atoms with Crippen LogP contribution in [0, 0.1) is 0 Å². The zero-order valence-electron chi connectivity index (χ0n) is 6.83. The first kappa shape index (κ1) is 7.61. The Labute approximate surface area is 62.7 Å². The lowest BCUT2D eigenvalue weighted by Gasteiger charge is -2.21. The van der Waals surface area contributed by atoms with Crippen molar-refractivity contribution in [3.8, 4) is 0 Å². The Morgan fingerprint density at radius 1 is 1.30 bits per heavy atom. The standard InChI is InChI=1S/C8H16N2/c1-3-7-5-9-6-10-8(7)4-2/h9-10H,3-6H2,1-2H3. The zero-order chi connectivity index (χ0) is 7.40. The van der Waals surface area contributed by atoms with E-state index >= 15 is 0 Å². The fraction of sp³-hybridized carbons (Fsp3) is 0.750. The van der Waals surface area contributed by atoms with Crippen LogP contribution in [0.15, 0.2) is 11.3 Å². The lowest BCUT2D eigenvalue weighted by atomic mass is 10.1. The number of allylic oxidation sites excluding steroid dienone is 1. The van der Waals surface area contributed by atoms with Gasteiger partial charge in [0.2, 0.25) is 0 Å². The van der Waals surface area contributed by atoms with E-state index in [1.54, 1.807) is 0 Å². The van der Waals surface area contributed by atoms with Gasteiger partial charge in [-0.1, -0.05) is 13.8 Å². The van der Waals surface area contributed by atoms with Crippen molar-refractivity contribution in [3.63, 3.8) is 0 Å². The molecule has 0 aromatic carbocycles. The summed E-state index contributed by atoms with van der Waals surface area (Å²) >= 11 is 0. The van der Waals surface area contributed by atoms with Crippen LogP contribution in [-0.2, 0) is 0 Å². The van der Waals surface area contributed by atoms with Crippen LogP contribution < -0.4 is 10.6 Å². The van der Waals surface area contributed by atoms with Gasteiger partial charge in [0.05, 0.1) is 6.67 Å². The molecule has 10 heavy (non-hydrogen) atoms. The van der Waals surface area contributed by atoms with E-state index in [4.69, 9.17) is 0 Å². The summed E-state index contributed by atoms with van der Waals surface area (Å²) in [5, 5.41) is 6.62. The van der Waals surface area contributed by atoms with E-state index in [9.17, 15) is 0 Å². The molecule has 0 saturated carbocycles. The minimum Gasteiger partial charge on any atom is -0.376 e. The van der Waals surface area contributed by atoms with Gasteiger partial charge in [0.25, 0.3) is 0 Å². The Kier molecular flexibility index (Phi) is 2.75. The molecule has 0 radical (unpaired) electrons. The van der Waals surface area contributed by atoms with Crippen LogP contribution >= 0.6 is 0 Å². The molecule has 1 rings (SSSR count). The molecule has 1 aliphatic heterocycles. The summed E-state index contributed by atoms with van der Waals surface area (Å²) in [5.74, 6) is 0. The molecule has 0 aromatic rings. The van der Waals surface area contributed by atoms with Gasteiger partial charge in [-0.25, -0.2) is 0 Å². The quantitative estimate of drug-likeness (QED) is 0.602. The summed E-state index contributed by atoms with van der Waals surface area (Å²) in [5.41, 5.74) is 2.98. The first-order valence-electron chi connectivity index (χ1n) is 4.04. The van der Waals surface area contributed by atoms with Crippen LogP contribution in [0.3, 0.4) is 0 Å². The van der Waals surface area contributed by atoms with Crippen LogP contribution in [0.25, 0.3) is 0 Å². The molecular weight excluding hydrogens is 124 g/mol. The molecule has 2 heteroatoms. The summed E-state index contributed by atoms with van der Waals surface area (Å²) in [4.78, 5) is 0. The highest BCUT2D eigenvalue weighted by Gasteiger charge is 2.06. The van der Waals surface area contributed by atoms with Gasteiger partial charge in [-0.15, -0.1) is 0 Å². The first-order chi connectivity index (χ1) is 4.88. The van der Waals surface area contributed by atoms with Crippen LogP contribution in [0.4, 0.5) is 0 Å². The minimum absolute atomic E-state index is 0.937. The summed E-state index contributed by atoms with van der Waals surface area (Å²) in [6, 6.07) is 0. The van der Waals surface area contributed by atoms with Crippen LogP contribution in [-0.4, -0.2) is 13.2 Å². The highest BCUT2D eigenvalue weighted by molar-refractivity contribution is 5.15. The minimum atomic E-state index is 0.937. The fourth-order valence-electron chi connectivity index (χ4n) is 1.33. The maximum absolute atomic E-state index is 3.34. The van der Waals surface area contributed by atoms with E-state index in [-0.39, 0.29) is 0 Å². The van der Waals surface area contributed by atoms with Gasteiger partial charge in [-0.2, -0.15) is 0 Å². The van der Waals surface area contributed by atoms with E-state index in [2.05, 4.69) is 24.5 Å². The van der Waals surface area contributed by atoms with E-state index in [0.29, 0.717) is 0 Å². The molecule has 0 unspecified atom stereocenters. The van der Waals surface area contributed by atoms with Gasteiger partial charge in [-0.3, -0.25) is 5.32 Å². The molecular formula is C8H16N2. The van der Waals surface area contributed by atoms with Crippen LogP contribution in [0.1, 0.15) is 26.7 Å². The third-order valence-electron chi connectivity index (χ3n) is 1.97. The third kappa shape index (κ3) is 1.51. The van der Waals surface area contributed by atoms with Crippen LogP contribution in [0.2, 0.25) is 0 Å². The van der Waals surface area contributed by atoms with E-state index in [1.807, 2.05) is 0 Å². The fourth-order valence-corrected chi connectivity index (χ4v) is 1.33. The highest BCUT2D eigenvalue weighted by atomic mass is 15.1. The molecule has 0 bridgehead atoms. The molecule has 58 valence electrons. The molecule has 0 fully saturated rings. The van der Waals surface area contributed by atoms with E-state index < -0.39 is 0 Å². The normalized spacial score (nSPS) is 19.0. The van der Waals surface area contributed by atoms with Crippen molar-refractivity contribution in [2.75, 3.05) is 13.2 Å². The molecule has 0 atom stereocenters. The number of rotatable bonds is 2. The maximum atomic E-state index is 3.34. The van der Waals surface area contributed by atoms with Gasteiger partial charge < -0.3 is 5.32 Å². The second kappa shape index (κ2) is 3.62. The average Bonchev–Trinajstić information content (AvgIpc) is 2.04. The van der Waals surface area contributed by atoms with Crippen LogP contribution in [0.5, 0.6) is 0 Å². The lowest BCUT2D eigenvalue weighted by Crippen LogP contribution is -2.36. The maximum Gasteiger partial charge on any atom is 0.0652 e. The zero-order valence-corrected chi connectivity index (χ0v) is 6.83. The van der Waals surface area contributed by atoms with Crippen molar-refractivity contribution >= 4 is 0 Å². The second-order valence-electron chi connectivity index (χ2n) is 2.57. The summed E-state index contributed by atoms with van der Waals surface area (Å²) < 4.78 is 0. The molecule has 0 amide bonds. The molecule has 2 nitrogen and oxygen atoms in total. The van der Waals surface area contributed by atoms with Gasteiger partial charge >= 0.3 is 0 Å². The van der Waals surface area contributed by atoms with Crippen molar-refractivity contribution in [3.05, 3.63) is 11.3 Å². The van der Waals surface area contributed by atoms with Gasteiger partial charge in [-0.05, 0) is 18.4 Å². The van der Waals surface area contributed by atoms with Gasteiger partial charge in [0.15, 0.2) is 0 Å². The predicted octanol–water partition coefficient (Wildman–Crippen LogP) is 1.21. The summed E-state index contributed by atoms with van der Waals surface area (Å²) in [7, 11) is 0. The molecule has 0 aromatic heterocycles. The third-order valence-corrected chi connectivity index (χ3v) is 1.97. The van der Waals surface area contributed by atoms with Crippen molar-refractivity contribution < 1.29 is 0 Å². The van der Waals surface area contributed by atoms with Crippen molar-refractivity contribution in [1.29, 1.82) is 0 Å². The summed E-state index contributed by atoms with van der Waals surface area (Å²) in [6.45, 7) is 6.42. The molecule has 2 N–H and O–H groups in total.